The molecule has 0 heterocycles. The van der Waals surface area contributed by atoms with Crippen LogP contribution in [0.1, 0.15) is 18.4 Å². The fraction of sp³-hybridized carbons (Fsp3) is 0.250. The minimum atomic E-state index is -0.220. The van der Waals surface area contributed by atoms with Gasteiger partial charge < -0.3 is 5.32 Å². The van der Waals surface area contributed by atoms with Crippen LogP contribution in [0.5, 0.6) is 0 Å². The van der Waals surface area contributed by atoms with Crippen molar-refractivity contribution < 1.29 is 4.39 Å². The van der Waals surface area contributed by atoms with Gasteiger partial charge in [0.15, 0.2) is 0 Å². The van der Waals surface area contributed by atoms with Gasteiger partial charge in [-0.05, 0) is 54.8 Å². The maximum absolute atomic E-state index is 12.9. The van der Waals surface area contributed by atoms with Crippen LogP contribution in [0.4, 0.5) is 4.39 Å². The molecular weight excluding hydrogens is 293 g/mol. The minimum absolute atomic E-state index is 0.220. The summed E-state index contributed by atoms with van der Waals surface area (Å²) in [5.41, 5.74) is 1.20. The Hall–Kier alpha value is -1.03. The van der Waals surface area contributed by atoms with Crippen LogP contribution in [0, 0.1) is 5.82 Å². The van der Waals surface area contributed by atoms with Gasteiger partial charge in [-0.15, -0.1) is 0 Å². The summed E-state index contributed by atoms with van der Waals surface area (Å²) in [7, 11) is 0. The summed E-state index contributed by atoms with van der Waals surface area (Å²) in [6.45, 7) is 0.867. The van der Waals surface area contributed by atoms with E-state index >= 15 is 0 Å². The van der Waals surface area contributed by atoms with E-state index in [9.17, 15) is 4.39 Å². The summed E-state index contributed by atoms with van der Waals surface area (Å²) in [6, 6.07) is 13.3. The van der Waals surface area contributed by atoms with Crippen LogP contribution in [0.15, 0.2) is 52.3 Å². The van der Waals surface area contributed by atoms with E-state index < -0.39 is 0 Å². The molecular formula is C16H15ClFNS. The highest BCUT2D eigenvalue weighted by molar-refractivity contribution is 7.99. The Morgan fingerprint density at radius 1 is 1.15 bits per heavy atom. The smallest absolute Gasteiger partial charge is 0.123 e. The van der Waals surface area contributed by atoms with Gasteiger partial charge in [-0.2, -0.15) is 0 Å². The second-order valence-electron chi connectivity index (χ2n) is 4.98. The first-order valence-electron chi connectivity index (χ1n) is 6.66. The molecule has 0 radical (unpaired) electrons. The van der Waals surface area contributed by atoms with Gasteiger partial charge in [-0.1, -0.05) is 29.4 Å². The number of rotatable bonds is 5. The molecule has 0 saturated heterocycles. The lowest BCUT2D eigenvalue weighted by Gasteiger charge is -2.08. The van der Waals surface area contributed by atoms with E-state index in [0.717, 1.165) is 21.4 Å². The summed E-state index contributed by atoms with van der Waals surface area (Å²) < 4.78 is 12.9. The third-order valence-electron chi connectivity index (χ3n) is 3.21. The van der Waals surface area contributed by atoms with Gasteiger partial charge >= 0.3 is 0 Å². The van der Waals surface area contributed by atoms with Gasteiger partial charge in [0.1, 0.15) is 5.82 Å². The Balaban J connectivity index is 1.68. The lowest BCUT2D eigenvalue weighted by atomic mass is 10.2. The molecule has 0 bridgehead atoms. The van der Waals surface area contributed by atoms with E-state index in [2.05, 4.69) is 11.4 Å². The number of hydrogen-bond acceptors (Lipinski definition) is 2. The largest absolute Gasteiger partial charge is 0.310 e. The minimum Gasteiger partial charge on any atom is -0.310 e. The first-order chi connectivity index (χ1) is 9.70. The van der Waals surface area contributed by atoms with E-state index in [1.807, 2.05) is 12.1 Å². The van der Waals surface area contributed by atoms with E-state index in [4.69, 9.17) is 11.6 Å². The fourth-order valence-corrected chi connectivity index (χ4v) is 3.05. The summed E-state index contributed by atoms with van der Waals surface area (Å²) in [5.74, 6) is -0.220. The molecule has 0 unspecified atom stereocenters. The Morgan fingerprint density at radius 2 is 1.90 bits per heavy atom. The molecule has 1 saturated carbocycles. The first kappa shape index (κ1) is 13.9. The van der Waals surface area contributed by atoms with Crippen molar-refractivity contribution in [1.82, 2.24) is 5.32 Å². The summed E-state index contributed by atoms with van der Waals surface area (Å²) >= 11 is 7.87. The fourth-order valence-electron chi connectivity index (χ4n) is 1.92. The van der Waals surface area contributed by atoms with Crippen molar-refractivity contribution in [2.45, 2.75) is 35.2 Å². The molecule has 4 heteroatoms. The van der Waals surface area contributed by atoms with Gasteiger partial charge in [-0.3, -0.25) is 0 Å². The van der Waals surface area contributed by atoms with Crippen molar-refractivity contribution in [3.05, 3.63) is 58.9 Å². The highest BCUT2D eigenvalue weighted by atomic mass is 35.5. The quantitative estimate of drug-likeness (QED) is 0.844. The van der Waals surface area contributed by atoms with Crippen LogP contribution in [-0.4, -0.2) is 6.04 Å². The van der Waals surface area contributed by atoms with Crippen molar-refractivity contribution in [1.29, 1.82) is 0 Å². The molecule has 0 aromatic heterocycles. The Labute approximate surface area is 127 Å². The highest BCUT2D eigenvalue weighted by Gasteiger charge is 2.20. The van der Waals surface area contributed by atoms with Gasteiger partial charge in [0.05, 0.1) is 5.02 Å². The zero-order valence-corrected chi connectivity index (χ0v) is 12.5. The van der Waals surface area contributed by atoms with Crippen molar-refractivity contribution in [2.75, 3.05) is 0 Å². The molecule has 2 aromatic carbocycles. The zero-order valence-electron chi connectivity index (χ0n) is 10.9. The molecule has 1 aliphatic carbocycles. The lowest BCUT2D eigenvalue weighted by molar-refractivity contribution is 0.626. The predicted octanol–water partition coefficient (Wildman–Crippen LogP) is 4.88. The van der Waals surface area contributed by atoms with Crippen LogP contribution in [0.3, 0.4) is 0 Å². The van der Waals surface area contributed by atoms with Gasteiger partial charge in [-0.25, -0.2) is 4.39 Å². The number of hydrogen-bond donors (Lipinski definition) is 1. The Bertz CT molecular complexity index is 596. The Kier molecular flexibility index (Phi) is 4.29. The van der Waals surface area contributed by atoms with Crippen LogP contribution >= 0.6 is 23.4 Å². The number of benzene rings is 2. The molecule has 0 amide bonds. The summed E-state index contributed by atoms with van der Waals surface area (Å²) in [6.07, 6.45) is 2.57. The molecule has 0 spiro atoms. The van der Waals surface area contributed by atoms with Crippen molar-refractivity contribution in [3.63, 3.8) is 0 Å². The summed E-state index contributed by atoms with van der Waals surface area (Å²) in [5, 5.41) is 4.21. The van der Waals surface area contributed by atoms with E-state index in [-0.39, 0.29) is 5.82 Å². The predicted molar refractivity (Wildman–Crippen MR) is 81.8 cm³/mol. The van der Waals surface area contributed by atoms with E-state index in [1.54, 1.807) is 23.9 Å². The van der Waals surface area contributed by atoms with E-state index in [0.29, 0.717) is 6.04 Å². The SMILES string of the molecule is Fc1ccc(Sc2ccc(CNC3CC3)cc2Cl)cc1. The maximum atomic E-state index is 12.9. The van der Waals surface area contributed by atoms with Crippen molar-refractivity contribution in [2.24, 2.45) is 0 Å². The maximum Gasteiger partial charge on any atom is 0.123 e. The molecule has 1 fully saturated rings. The molecule has 1 nitrogen and oxygen atoms in total. The van der Waals surface area contributed by atoms with Gasteiger partial charge in [0, 0.05) is 22.4 Å². The number of halogens is 2. The van der Waals surface area contributed by atoms with Gasteiger partial charge in [0.2, 0.25) is 0 Å². The third kappa shape index (κ3) is 3.75. The third-order valence-corrected chi connectivity index (χ3v) is 4.72. The second-order valence-corrected chi connectivity index (χ2v) is 6.50. The molecule has 2 aromatic rings. The number of nitrogens with one attached hydrogen (secondary N) is 1. The molecule has 1 aliphatic rings. The van der Waals surface area contributed by atoms with Crippen molar-refractivity contribution >= 4 is 23.4 Å². The van der Waals surface area contributed by atoms with Crippen LogP contribution < -0.4 is 5.32 Å². The molecule has 0 aliphatic heterocycles. The van der Waals surface area contributed by atoms with E-state index in [1.165, 1.54) is 30.5 Å². The Morgan fingerprint density at radius 3 is 2.55 bits per heavy atom. The topological polar surface area (TPSA) is 12.0 Å². The monoisotopic (exact) mass is 307 g/mol. The molecule has 0 atom stereocenters. The van der Waals surface area contributed by atoms with Crippen LogP contribution in [0.25, 0.3) is 0 Å². The lowest BCUT2D eigenvalue weighted by Crippen LogP contribution is -2.15. The highest BCUT2D eigenvalue weighted by Crippen LogP contribution is 2.34. The molecule has 104 valence electrons. The molecule has 3 rings (SSSR count). The van der Waals surface area contributed by atoms with Crippen LogP contribution in [-0.2, 0) is 6.54 Å². The van der Waals surface area contributed by atoms with Crippen molar-refractivity contribution in [3.8, 4) is 0 Å². The summed E-state index contributed by atoms with van der Waals surface area (Å²) in [4.78, 5) is 1.98. The van der Waals surface area contributed by atoms with Gasteiger partial charge in [0.25, 0.3) is 0 Å². The molecule has 20 heavy (non-hydrogen) atoms. The molecule has 1 N–H and O–H groups in total. The van der Waals surface area contributed by atoms with Crippen LogP contribution in [0.2, 0.25) is 5.02 Å². The zero-order chi connectivity index (χ0) is 13.9. The average molecular weight is 308 g/mol. The first-order valence-corrected chi connectivity index (χ1v) is 7.85. The average Bonchev–Trinajstić information content (AvgIpc) is 3.26. The normalized spacial score (nSPS) is 14.5. The second kappa shape index (κ2) is 6.17. The standard InChI is InChI=1S/C16H15ClFNS/c17-15-9-11(10-19-13-4-5-13)1-8-16(15)20-14-6-2-12(18)3-7-14/h1-3,6-9,13,19H,4-5,10H2.